The Kier molecular flexibility index (Phi) is 5.14. The van der Waals surface area contributed by atoms with Gasteiger partial charge in [-0.2, -0.15) is 0 Å². The van der Waals surface area contributed by atoms with E-state index >= 15 is 0 Å². The van der Waals surface area contributed by atoms with Gasteiger partial charge >= 0.3 is 12.0 Å². The van der Waals surface area contributed by atoms with Crippen molar-refractivity contribution in [3.05, 3.63) is 0 Å². The number of hydrogen-bond donors (Lipinski definition) is 3. The number of likely N-dealkylation sites (tertiary alicyclic amines) is 1. The fraction of sp³-hybridized carbons (Fsp3) is 0.750. The largest absolute Gasteiger partial charge is 0.479 e. The average Bonchev–Trinajstić information content (AvgIpc) is 2.79. The average molecular weight is 271 g/mol. The lowest BCUT2D eigenvalue weighted by molar-refractivity contribution is -0.148. The Labute approximate surface area is 112 Å². The van der Waals surface area contributed by atoms with Gasteiger partial charge in [0.25, 0.3) is 0 Å². The molecule has 0 spiro atoms. The van der Waals surface area contributed by atoms with E-state index in [9.17, 15) is 19.5 Å². The highest BCUT2D eigenvalue weighted by Crippen LogP contribution is 2.32. The molecule has 0 aromatic rings. The van der Waals surface area contributed by atoms with Gasteiger partial charge in [-0.15, -0.1) is 0 Å². The van der Waals surface area contributed by atoms with Crippen LogP contribution in [0.15, 0.2) is 0 Å². The molecule has 1 heterocycles. The van der Waals surface area contributed by atoms with Crippen LogP contribution in [0.4, 0.5) is 4.79 Å². The number of amides is 3. The number of nitrogens with one attached hydrogen (secondary N) is 1. The van der Waals surface area contributed by atoms with E-state index in [0.29, 0.717) is 38.8 Å². The lowest BCUT2D eigenvalue weighted by atomic mass is 9.93. The third-order valence-corrected chi connectivity index (χ3v) is 3.59. The first-order valence-electron chi connectivity index (χ1n) is 6.51. The molecule has 0 aromatic heterocycles. The maximum atomic E-state index is 12.0. The smallest absolute Gasteiger partial charge is 0.329 e. The molecule has 1 atom stereocenters. The molecule has 1 aliphatic rings. The molecule has 1 fully saturated rings. The number of carbonyl (C=O) groups is 3. The number of rotatable bonds is 6. The molecule has 3 amide bonds. The van der Waals surface area contributed by atoms with Crippen LogP contribution in [0, 0.1) is 0 Å². The first kappa shape index (κ1) is 15.3. The molecule has 7 heteroatoms. The molecule has 1 aliphatic heterocycles. The third-order valence-electron chi connectivity index (χ3n) is 3.59. The maximum Gasteiger partial charge on any atom is 0.329 e. The van der Waals surface area contributed by atoms with Gasteiger partial charge in [-0.05, 0) is 25.7 Å². The van der Waals surface area contributed by atoms with Gasteiger partial charge in [0.1, 0.15) is 5.54 Å². The minimum absolute atomic E-state index is 0.206. The Morgan fingerprint density at radius 2 is 2.11 bits per heavy atom. The molecule has 0 aromatic carbocycles. The number of hydrogen-bond acceptors (Lipinski definition) is 3. The summed E-state index contributed by atoms with van der Waals surface area (Å²) in [6, 6.07) is -0.383. The molecule has 0 saturated carbocycles. The van der Waals surface area contributed by atoms with Crippen molar-refractivity contribution in [2.75, 3.05) is 13.1 Å². The molecule has 1 rings (SSSR count). The highest BCUT2D eigenvalue weighted by molar-refractivity contribution is 5.87. The molecule has 0 aliphatic carbocycles. The van der Waals surface area contributed by atoms with Crippen LogP contribution in [-0.2, 0) is 9.59 Å². The summed E-state index contributed by atoms with van der Waals surface area (Å²) in [6.07, 6.45) is 2.22. The molecule has 108 valence electrons. The fourth-order valence-electron chi connectivity index (χ4n) is 2.47. The minimum Gasteiger partial charge on any atom is -0.479 e. The summed E-state index contributed by atoms with van der Waals surface area (Å²) < 4.78 is 0. The van der Waals surface area contributed by atoms with Gasteiger partial charge < -0.3 is 21.1 Å². The van der Waals surface area contributed by atoms with E-state index in [4.69, 9.17) is 5.73 Å². The van der Waals surface area contributed by atoms with Gasteiger partial charge in [-0.25, -0.2) is 9.59 Å². The number of urea groups is 1. The van der Waals surface area contributed by atoms with Crippen LogP contribution in [0.25, 0.3) is 0 Å². The van der Waals surface area contributed by atoms with Gasteiger partial charge in [0.2, 0.25) is 5.91 Å². The molecule has 19 heavy (non-hydrogen) atoms. The SMILES string of the molecule is CCC1(C(=O)O)CCCN1C(=O)NCCCC(N)=O. The summed E-state index contributed by atoms with van der Waals surface area (Å²) in [5.41, 5.74) is 3.91. The first-order valence-corrected chi connectivity index (χ1v) is 6.51. The topological polar surface area (TPSA) is 113 Å². The Hall–Kier alpha value is -1.79. The van der Waals surface area contributed by atoms with E-state index in [1.807, 2.05) is 0 Å². The second-order valence-electron chi connectivity index (χ2n) is 4.75. The molecule has 0 radical (unpaired) electrons. The zero-order valence-electron chi connectivity index (χ0n) is 11.1. The number of primary amides is 1. The summed E-state index contributed by atoms with van der Waals surface area (Å²) in [5.74, 6) is -1.37. The van der Waals surface area contributed by atoms with Gasteiger partial charge in [0.15, 0.2) is 0 Å². The minimum atomic E-state index is -1.09. The Morgan fingerprint density at radius 1 is 1.42 bits per heavy atom. The first-order chi connectivity index (χ1) is 8.94. The van der Waals surface area contributed by atoms with Crippen molar-refractivity contribution in [3.63, 3.8) is 0 Å². The van der Waals surface area contributed by atoms with Crippen LogP contribution in [0.3, 0.4) is 0 Å². The summed E-state index contributed by atoms with van der Waals surface area (Å²) >= 11 is 0. The number of carboxylic acid groups (broad SMARTS) is 1. The summed E-state index contributed by atoms with van der Waals surface area (Å²) in [5, 5.41) is 12.0. The monoisotopic (exact) mass is 271 g/mol. The number of carboxylic acids is 1. The van der Waals surface area contributed by atoms with E-state index in [0.717, 1.165) is 0 Å². The van der Waals surface area contributed by atoms with E-state index in [2.05, 4.69) is 5.32 Å². The Balaban J connectivity index is 2.55. The number of nitrogens with zero attached hydrogens (tertiary/aromatic N) is 1. The number of nitrogens with two attached hydrogens (primary N) is 1. The van der Waals surface area contributed by atoms with Crippen LogP contribution >= 0.6 is 0 Å². The van der Waals surface area contributed by atoms with Gasteiger partial charge in [0, 0.05) is 19.5 Å². The van der Waals surface area contributed by atoms with Crippen LogP contribution in [0.1, 0.15) is 39.0 Å². The molecule has 4 N–H and O–H groups in total. The van der Waals surface area contributed by atoms with Crippen molar-refractivity contribution in [1.29, 1.82) is 0 Å². The van der Waals surface area contributed by atoms with E-state index in [-0.39, 0.29) is 12.5 Å². The summed E-state index contributed by atoms with van der Waals surface area (Å²) in [4.78, 5) is 35.4. The second kappa shape index (κ2) is 6.40. The zero-order chi connectivity index (χ0) is 14.5. The van der Waals surface area contributed by atoms with Gasteiger partial charge in [-0.3, -0.25) is 4.79 Å². The van der Waals surface area contributed by atoms with Crippen molar-refractivity contribution in [3.8, 4) is 0 Å². The van der Waals surface area contributed by atoms with E-state index in [1.165, 1.54) is 4.90 Å². The highest BCUT2D eigenvalue weighted by Gasteiger charge is 2.48. The van der Waals surface area contributed by atoms with Crippen molar-refractivity contribution >= 4 is 17.9 Å². The number of carbonyl (C=O) groups excluding carboxylic acids is 2. The predicted octanol–water partition coefficient (Wildman–Crippen LogP) is 0.291. The van der Waals surface area contributed by atoms with Crippen molar-refractivity contribution in [1.82, 2.24) is 10.2 Å². The molecule has 1 unspecified atom stereocenters. The van der Waals surface area contributed by atoms with E-state index < -0.39 is 17.4 Å². The maximum absolute atomic E-state index is 12.0. The standard InChI is InChI=1S/C12H21N3O4/c1-2-12(10(17)18)6-4-8-15(12)11(19)14-7-3-5-9(13)16/h2-8H2,1H3,(H2,13,16)(H,14,19)(H,17,18). The lowest BCUT2D eigenvalue weighted by Crippen LogP contribution is -2.55. The zero-order valence-corrected chi connectivity index (χ0v) is 11.1. The molecular weight excluding hydrogens is 250 g/mol. The third kappa shape index (κ3) is 3.36. The Morgan fingerprint density at radius 3 is 2.63 bits per heavy atom. The van der Waals surface area contributed by atoms with Gasteiger partial charge in [0.05, 0.1) is 0 Å². The van der Waals surface area contributed by atoms with E-state index in [1.54, 1.807) is 6.92 Å². The summed E-state index contributed by atoms with van der Waals surface area (Å²) in [7, 11) is 0. The van der Waals surface area contributed by atoms with Crippen molar-refractivity contribution in [2.24, 2.45) is 5.73 Å². The van der Waals surface area contributed by atoms with Crippen LogP contribution in [0.5, 0.6) is 0 Å². The highest BCUT2D eigenvalue weighted by atomic mass is 16.4. The van der Waals surface area contributed by atoms with Crippen molar-refractivity contribution < 1.29 is 19.5 Å². The predicted molar refractivity (Wildman–Crippen MR) is 68.4 cm³/mol. The van der Waals surface area contributed by atoms with Crippen molar-refractivity contribution in [2.45, 2.75) is 44.6 Å². The molecule has 7 nitrogen and oxygen atoms in total. The molecular formula is C12H21N3O4. The van der Waals surface area contributed by atoms with Crippen LogP contribution < -0.4 is 11.1 Å². The summed E-state index contributed by atoms with van der Waals surface area (Å²) in [6.45, 7) is 2.53. The molecule has 0 bridgehead atoms. The lowest BCUT2D eigenvalue weighted by Gasteiger charge is -2.33. The number of aliphatic carboxylic acids is 1. The molecule has 1 saturated heterocycles. The second-order valence-corrected chi connectivity index (χ2v) is 4.75. The fourth-order valence-corrected chi connectivity index (χ4v) is 2.47. The Bertz CT molecular complexity index is 372. The normalized spacial score (nSPS) is 22.3. The van der Waals surface area contributed by atoms with Crippen LogP contribution in [-0.4, -0.2) is 46.5 Å². The van der Waals surface area contributed by atoms with Gasteiger partial charge in [-0.1, -0.05) is 6.92 Å². The quantitative estimate of drug-likeness (QED) is 0.602. The van der Waals surface area contributed by atoms with Crippen LogP contribution in [0.2, 0.25) is 0 Å².